The zero-order valence-electron chi connectivity index (χ0n) is 13.6. The van der Waals surface area contributed by atoms with Crippen LogP contribution in [0.15, 0.2) is 24.3 Å². The van der Waals surface area contributed by atoms with Gasteiger partial charge in [-0.05, 0) is 30.5 Å². The number of rotatable bonds is 3. The van der Waals surface area contributed by atoms with E-state index in [4.69, 9.17) is 10.5 Å². The fraction of sp³-hybridized carbons (Fsp3) is 0.529. The first kappa shape index (κ1) is 15.7. The summed E-state index contributed by atoms with van der Waals surface area (Å²) >= 11 is 0. The molecule has 1 saturated heterocycles. The van der Waals surface area contributed by atoms with Gasteiger partial charge in [0.05, 0.1) is 18.8 Å². The largest absolute Gasteiger partial charge is 0.365 e. The smallest absolute Gasteiger partial charge is 0.123 e. The van der Waals surface area contributed by atoms with Crippen molar-refractivity contribution in [1.29, 1.82) is 0 Å². The molecule has 6 nitrogen and oxygen atoms in total. The molecule has 1 atom stereocenters. The number of likely N-dealkylation sites (tertiary alicyclic amines) is 1. The zero-order chi connectivity index (χ0) is 16.5. The molecule has 128 valence electrons. The van der Waals surface area contributed by atoms with Crippen molar-refractivity contribution in [2.45, 2.75) is 44.7 Å². The van der Waals surface area contributed by atoms with Gasteiger partial charge in [0.25, 0.3) is 0 Å². The second kappa shape index (κ2) is 6.58. The zero-order valence-corrected chi connectivity index (χ0v) is 13.6. The molecule has 24 heavy (non-hydrogen) atoms. The monoisotopic (exact) mass is 331 g/mol. The van der Waals surface area contributed by atoms with Crippen molar-refractivity contribution in [3.05, 3.63) is 47.0 Å². The van der Waals surface area contributed by atoms with Crippen LogP contribution >= 0.6 is 0 Å². The van der Waals surface area contributed by atoms with Gasteiger partial charge < -0.3 is 10.5 Å². The summed E-state index contributed by atoms with van der Waals surface area (Å²) in [6.07, 6.45) is 1.87. The highest BCUT2D eigenvalue weighted by Crippen LogP contribution is 2.27. The van der Waals surface area contributed by atoms with E-state index in [0.717, 1.165) is 49.4 Å². The average Bonchev–Trinajstić information content (AvgIpc) is 2.99. The molecule has 1 aromatic carbocycles. The number of ether oxygens (including phenoxy) is 1. The minimum absolute atomic E-state index is 0.185. The predicted octanol–water partition coefficient (Wildman–Crippen LogP) is 1.61. The maximum Gasteiger partial charge on any atom is 0.123 e. The normalized spacial score (nSPS) is 22.5. The van der Waals surface area contributed by atoms with E-state index in [1.165, 1.54) is 12.1 Å². The maximum absolute atomic E-state index is 13.4. The molecule has 0 unspecified atom stereocenters. The summed E-state index contributed by atoms with van der Waals surface area (Å²) < 4.78 is 21.2. The second-order valence-electron chi connectivity index (χ2n) is 6.63. The van der Waals surface area contributed by atoms with Gasteiger partial charge in [0.2, 0.25) is 0 Å². The molecule has 4 rings (SSSR count). The topological polar surface area (TPSA) is 69.2 Å². The van der Waals surface area contributed by atoms with E-state index >= 15 is 0 Å². The van der Waals surface area contributed by atoms with Crippen molar-refractivity contribution in [2.24, 2.45) is 5.73 Å². The molecule has 2 aliphatic rings. The number of aromatic nitrogens is 3. The minimum atomic E-state index is -0.246. The molecule has 0 aliphatic carbocycles. The van der Waals surface area contributed by atoms with E-state index in [-0.39, 0.29) is 11.9 Å². The van der Waals surface area contributed by atoms with Gasteiger partial charge in [-0.15, -0.1) is 5.10 Å². The second-order valence-corrected chi connectivity index (χ2v) is 6.63. The van der Waals surface area contributed by atoms with E-state index in [1.54, 1.807) is 6.07 Å². The molecular formula is C17H22FN5O. The Labute approximate surface area is 140 Å². The van der Waals surface area contributed by atoms with Crippen LogP contribution in [0.4, 0.5) is 4.39 Å². The Balaban J connectivity index is 1.45. The maximum atomic E-state index is 13.4. The van der Waals surface area contributed by atoms with Crippen molar-refractivity contribution in [3.63, 3.8) is 0 Å². The number of fused-ring (bicyclic) bond motifs is 1. The Morgan fingerprint density at radius 2 is 2.12 bits per heavy atom. The number of halogens is 1. The fourth-order valence-corrected chi connectivity index (χ4v) is 3.42. The van der Waals surface area contributed by atoms with Crippen LogP contribution in [-0.2, 0) is 24.4 Å². The molecule has 0 amide bonds. The van der Waals surface area contributed by atoms with E-state index in [9.17, 15) is 4.39 Å². The lowest BCUT2D eigenvalue weighted by Crippen LogP contribution is -2.39. The molecule has 7 heteroatoms. The average molecular weight is 331 g/mol. The van der Waals surface area contributed by atoms with Gasteiger partial charge in [0.15, 0.2) is 0 Å². The molecule has 2 N–H and O–H groups in total. The van der Waals surface area contributed by atoms with Crippen molar-refractivity contribution in [1.82, 2.24) is 19.9 Å². The molecule has 3 heterocycles. The highest BCUT2D eigenvalue weighted by Gasteiger charge is 2.26. The van der Waals surface area contributed by atoms with Gasteiger partial charge in [-0.1, -0.05) is 17.3 Å². The third kappa shape index (κ3) is 3.19. The SMILES string of the molecule is NC1CCN(Cc2nnn3c2CO[C@H](c2cccc(F)c2)C3)CC1. The van der Waals surface area contributed by atoms with Crippen LogP contribution in [0.5, 0.6) is 0 Å². The third-order valence-corrected chi connectivity index (χ3v) is 4.90. The van der Waals surface area contributed by atoms with Crippen LogP contribution in [0.3, 0.4) is 0 Å². The molecule has 0 spiro atoms. The molecule has 1 aromatic heterocycles. The van der Waals surface area contributed by atoms with E-state index in [0.29, 0.717) is 19.2 Å². The van der Waals surface area contributed by atoms with E-state index in [1.807, 2.05) is 10.7 Å². The Morgan fingerprint density at radius 1 is 1.29 bits per heavy atom. The van der Waals surface area contributed by atoms with Gasteiger partial charge in [0, 0.05) is 25.7 Å². The molecule has 2 aromatic rings. The Kier molecular flexibility index (Phi) is 4.30. The summed E-state index contributed by atoms with van der Waals surface area (Å²) in [7, 11) is 0. The van der Waals surface area contributed by atoms with Gasteiger partial charge in [-0.3, -0.25) is 4.90 Å². The lowest BCUT2D eigenvalue weighted by molar-refractivity contribution is -0.00231. The van der Waals surface area contributed by atoms with Crippen LogP contribution in [0.1, 0.15) is 35.9 Å². The Morgan fingerprint density at radius 3 is 2.92 bits per heavy atom. The Bertz CT molecular complexity index is 711. The van der Waals surface area contributed by atoms with Crippen molar-refractivity contribution in [2.75, 3.05) is 13.1 Å². The highest BCUT2D eigenvalue weighted by atomic mass is 19.1. The molecule has 0 radical (unpaired) electrons. The van der Waals surface area contributed by atoms with Crippen molar-refractivity contribution in [3.8, 4) is 0 Å². The van der Waals surface area contributed by atoms with E-state index < -0.39 is 0 Å². The molecule has 1 fully saturated rings. The first-order valence-corrected chi connectivity index (χ1v) is 8.45. The minimum Gasteiger partial charge on any atom is -0.365 e. The summed E-state index contributed by atoms with van der Waals surface area (Å²) in [5.74, 6) is -0.246. The third-order valence-electron chi connectivity index (χ3n) is 4.90. The number of hydrogen-bond acceptors (Lipinski definition) is 5. The summed E-state index contributed by atoms with van der Waals surface area (Å²) in [5.41, 5.74) is 8.79. The van der Waals surface area contributed by atoms with Gasteiger partial charge in [-0.2, -0.15) is 0 Å². The standard InChI is InChI=1S/C17H22FN5O/c18-13-3-1-2-12(8-13)17-10-23-16(11-24-17)15(20-21-23)9-22-6-4-14(19)5-7-22/h1-3,8,14,17H,4-7,9-11,19H2/t17-/m0/s1. The lowest BCUT2D eigenvalue weighted by Gasteiger charge is -2.30. The Hall–Kier alpha value is -1.83. The van der Waals surface area contributed by atoms with Gasteiger partial charge >= 0.3 is 0 Å². The summed E-state index contributed by atoms with van der Waals surface area (Å²) in [4.78, 5) is 2.37. The number of nitrogens with zero attached hydrogens (tertiary/aromatic N) is 4. The predicted molar refractivity (Wildman–Crippen MR) is 86.4 cm³/mol. The summed E-state index contributed by atoms with van der Waals surface area (Å²) in [5, 5.41) is 8.62. The fourth-order valence-electron chi connectivity index (χ4n) is 3.42. The number of nitrogens with two attached hydrogens (primary N) is 1. The van der Waals surface area contributed by atoms with Crippen molar-refractivity contribution < 1.29 is 9.13 Å². The van der Waals surface area contributed by atoms with Gasteiger partial charge in [0.1, 0.15) is 17.6 Å². The summed E-state index contributed by atoms with van der Waals surface area (Å²) in [6.45, 7) is 3.81. The van der Waals surface area contributed by atoms with Crippen LogP contribution < -0.4 is 5.73 Å². The quantitative estimate of drug-likeness (QED) is 0.925. The molecule has 0 saturated carbocycles. The highest BCUT2D eigenvalue weighted by molar-refractivity contribution is 5.20. The van der Waals surface area contributed by atoms with E-state index in [2.05, 4.69) is 15.2 Å². The lowest BCUT2D eigenvalue weighted by atomic mass is 10.1. The van der Waals surface area contributed by atoms with Crippen LogP contribution in [-0.4, -0.2) is 39.0 Å². The number of hydrogen-bond donors (Lipinski definition) is 1. The first-order valence-electron chi connectivity index (χ1n) is 8.45. The van der Waals surface area contributed by atoms with Crippen LogP contribution in [0.25, 0.3) is 0 Å². The number of piperidine rings is 1. The molecule has 2 aliphatic heterocycles. The van der Waals surface area contributed by atoms with Crippen LogP contribution in [0, 0.1) is 5.82 Å². The van der Waals surface area contributed by atoms with Gasteiger partial charge in [-0.25, -0.2) is 9.07 Å². The molecule has 0 bridgehead atoms. The summed E-state index contributed by atoms with van der Waals surface area (Å²) in [6, 6.07) is 6.87. The van der Waals surface area contributed by atoms with Crippen LogP contribution in [0.2, 0.25) is 0 Å². The first-order chi connectivity index (χ1) is 11.7. The number of benzene rings is 1. The van der Waals surface area contributed by atoms with Crippen molar-refractivity contribution >= 4 is 0 Å². The molecular weight excluding hydrogens is 309 g/mol.